The minimum absolute atomic E-state index is 0.0750. The van der Waals surface area contributed by atoms with Crippen LogP contribution in [0.25, 0.3) is 0 Å². The number of phenolic OH excluding ortho intramolecular Hbond substituents is 1. The maximum absolute atomic E-state index is 11.0. The average Bonchev–Trinajstić information content (AvgIpc) is 2.03. The molecule has 0 fully saturated rings. The highest BCUT2D eigenvalue weighted by Gasteiger charge is 2.11. The third-order valence-corrected chi connectivity index (χ3v) is 1.67. The van der Waals surface area contributed by atoms with Gasteiger partial charge in [0.2, 0.25) is 0 Å². The van der Waals surface area contributed by atoms with Gasteiger partial charge < -0.3 is 10.2 Å². The minimum atomic E-state index is -0.571. The van der Waals surface area contributed by atoms with Gasteiger partial charge in [0.1, 0.15) is 12.4 Å². The van der Waals surface area contributed by atoms with E-state index in [1.165, 1.54) is 6.07 Å². The van der Waals surface area contributed by atoms with Crippen LogP contribution in [0.5, 0.6) is 5.75 Å². The molecule has 3 heteroatoms. The van der Waals surface area contributed by atoms with Crippen molar-refractivity contribution in [1.82, 2.24) is 0 Å². The van der Waals surface area contributed by atoms with Crippen molar-refractivity contribution in [3.8, 4) is 5.75 Å². The highest BCUT2D eigenvalue weighted by atomic mass is 16.3. The standard InChI is InChI=1S/C9H10O3/c1-6-3-2-4-7(11)9(6)8(12)5-10/h2-4,10-11H,5H2,1H3. The number of carbonyl (C=O) groups is 1. The zero-order valence-electron chi connectivity index (χ0n) is 6.74. The first kappa shape index (κ1) is 8.74. The van der Waals surface area contributed by atoms with E-state index in [9.17, 15) is 9.90 Å². The Kier molecular flexibility index (Phi) is 2.45. The molecule has 0 aromatic heterocycles. The molecular weight excluding hydrogens is 156 g/mol. The van der Waals surface area contributed by atoms with Gasteiger partial charge in [0.05, 0.1) is 5.56 Å². The number of aromatic hydroxyl groups is 1. The largest absolute Gasteiger partial charge is 0.507 e. The molecule has 1 aromatic rings. The van der Waals surface area contributed by atoms with E-state index in [1.807, 2.05) is 0 Å². The first-order valence-electron chi connectivity index (χ1n) is 3.59. The summed E-state index contributed by atoms with van der Waals surface area (Å²) < 4.78 is 0. The van der Waals surface area contributed by atoms with Crippen molar-refractivity contribution >= 4 is 5.78 Å². The lowest BCUT2D eigenvalue weighted by Crippen LogP contribution is -2.06. The zero-order valence-corrected chi connectivity index (χ0v) is 6.74. The van der Waals surface area contributed by atoms with Crippen LogP contribution in [0.15, 0.2) is 18.2 Å². The number of phenols is 1. The monoisotopic (exact) mass is 166 g/mol. The number of carbonyl (C=O) groups excluding carboxylic acids is 1. The Balaban J connectivity index is 3.21. The van der Waals surface area contributed by atoms with Crippen LogP contribution in [0.2, 0.25) is 0 Å². The second-order valence-electron chi connectivity index (χ2n) is 2.55. The lowest BCUT2D eigenvalue weighted by Gasteiger charge is -2.04. The topological polar surface area (TPSA) is 57.5 Å². The molecule has 0 aliphatic heterocycles. The fraction of sp³-hybridized carbons (Fsp3) is 0.222. The van der Waals surface area contributed by atoms with E-state index in [1.54, 1.807) is 19.1 Å². The molecule has 0 aliphatic carbocycles. The Hall–Kier alpha value is -1.35. The van der Waals surface area contributed by atoms with Crippen LogP contribution in [0.4, 0.5) is 0 Å². The number of rotatable bonds is 2. The van der Waals surface area contributed by atoms with Crippen molar-refractivity contribution in [2.24, 2.45) is 0 Å². The van der Waals surface area contributed by atoms with Gasteiger partial charge in [-0.05, 0) is 18.6 Å². The second-order valence-corrected chi connectivity index (χ2v) is 2.55. The van der Waals surface area contributed by atoms with Crippen molar-refractivity contribution in [1.29, 1.82) is 0 Å². The molecule has 0 saturated carbocycles. The van der Waals surface area contributed by atoms with Gasteiger partial charge in [-0.3, -0.25) is 4.79 Å². The third-order valence-electron chi connectivity index (χ3n) is 1.67. The van der Waals surface area contributed by atoms with Crippen LogP contribution >= 0.6 is 0 Å². The van der Waals surface area contributed by atoms with Gasteiger partial charge in [0, 0.05) is 0 Å². The SMILES string of the molecule is Cc1cccc(O)c1C(=O)CO. The molecular formula is C9H10O3. The fourth-order valence-corrected chi connectivity index (χ4v) is 1.09. The molecule has 1 aromatic carbocycles. The van der Waals surface area contributed by atoms with Gasteiger partial charge in [-0.15, -0.1) is 0 Å². The van der Waals surface area contributed by atoms with E-state index in [4.69, 9.17) is 5.11 Å². The predicted octanol–water partition coefficient (Wildman–Crippen LogP) is 0.876. The molecule has 0 bridgehead atoms. The third kappa shape index (κ3) is 1.46. The van der Waals surface area contributed by atoms with Crippen molar-refractivity contribution in [3.63, 3.8) is 0 Å². The predicted molar refractivity (Wildman–Crippen MR) is 44.3 cm³/mol. The Morgan fingerprint density at radius 2 is 2.17 bits per heavy atom. The van der Waals surface area contributed by atoms with E-state index in [0.29, 0.717) is 5.56 Å². The quantitative estimate of drug-likeness (QED) is 0.641. The molecule has 64 valence electrons. The van der Waals surface area contributed by atoms with Crippen molar-refractivity contribution in [2.45, 2.75) is 6.92 Å². The van der Waals surface area contributed by atoms with Gasteiger partial charge >= 0.3 is 0 Å². The molecule has 2 N–H and O–H groups in total. The zero-order chi connectivity index (χ0) is 9.14. The first-order valence-corrected chi connectivity index (χ1v) is 3.59. The molecule has 0 radical (unpaired) electrons. The average molecular weight is 166 g/mol. The van der Waals surface area contributed by atoms with Gasteiger partial charge in [-0.25, -0.2) is 0 Å². The highest BCUT2D eigenvalue weighted by Crippen LogP contribution is 2.20. The number of aryl methyl sites for hydroxylation is 1. The van der Waals surface area contributed by atoms with Gasteiger partial charge in [0.25, 0.3) is 0 Å². The summed E-state index contributed by atoms with van der Waals surface area (Å²) in [6, 6.07) is 4.79. The smallest absolute Gasteiger partial charge is 0.192 e. The number of ketones is 1. The number of hydrogen-bond donors (Lipinski definition) is 2. The highest BCUT2D eigenvalue weighted by molar-refractivity contribution is 6.00. The van der Waals surface area contributed by atoms with Gasteiger partial charge in [-0.2, -0.15) is 0 Å². The normalized spacial score (nSPS) is 9.83. The van der Waals surface area contributed by atoms with E-state index in [-0.39, 0.29) is 11.3 Å². The Bertz CT molecular complexity index is 284. The van der Waals surface area contributed by atoms with Crippen LogP contribution in [0.1, 0.15) is 15.9 Å². The molecule has 0 atom stereocenters. The molecule has 0 heterocycles. The summed E-state index contributed by atoms with van der Waals surface area (Å²) >= 11 is 0. The molecule has 0 unspecified atom stereocenters. The lowest BCUT2D eigenvalue weighted by atomic mass is 10.0. The maximum Gasteiger partial charge on any atom is 0.192 e. The van der Waals surface area contributed by atoms with E-state index in [2.05, 4.69) is 0 Å². The van der Waals surface area contributed by atoms with Crippen LogP contribution in [0, 0.1) is 6.92 Å². The summed E-state index contributed by atoms with van der Waals surface area (Å²) in [7, 11) is 0. The number of hydrogen-bond acceptors (Lipinski definition) is 3. The van der Waals surface area contributed by atoms with Crippen molar-refractivity contribution in [2.75, 3.05) is 6.61 Å². The van der Waals surface area contributed by atoms with Gasteiger partial charge in [-0.1, -0.05) is 12.1 Å². The maximum atomic E-state index is 11.0. The Morgan fingerprint density at radius 1 is 1.50 bits per heavy atom. The van der Waals surface area contributed by atoms with E-state index >= 15 is 0 Å². The Morgan fingerprint density at radius 3 is 2.67 bits per heavy atom. The minimum Gasteiger partial charge on any atom is -0.507 e. The Labute approximate surface area is 70.3 Å². The molecule has 0 aliphatic rings. The lowest BCUT2D eigenvalue weighted by molar-refractivity contribution is 0.0900. The number of benzene rings is 1. The van der Waals surface area contributed by atoms with Crippen LogP contribution in [0.3, 0.4) is 0 Å². The number of Topliss-reactive ketones (excluding diaryl/α,β-unsaturated/α-hetero) is 1. The van der Waals surface area contributed by atoms with Crippen LogP contribution in [-0.2, 0) is 0 Å². The van der Waals surface area contributed by atoms with E-state index in [0.717, 1.165) is 0 Å². The summed E-state index contributed by atoms with van der Waals surface area (Å²) in [5.41, 5.74) is 0.883. The molecule has 3 nitrogen and oxygen atoms in total. The summed E-state index contributed by atoms with van der Waals surface area (Å²) in [5.74, 6) is -0.528. The molecule has 1 rings (SSSR count). The first-order chi connectivity index (χ1) is 5.66. The van der Waals surface area contributed by atoms with Gasteiger partial charge in [0.15, 0.2) is 5.78 Å². The summed E-state index contributed by atoms with van der Waals surface area (Å²) in [4.78, 5) is 11.0. The molecule has 0 saturated heterocycles. The fourth-order valence-electron chi connectivity index (χ4n) is 1.09. The summed E-state index contributed by atoms with van der Waals surface area (Å²) in [6.45, 7) is 1.14. The molecule has 12 heavy (non-hydrogen) atoms. The molecule has 0 amide bonds. The number of aliphatic hydroxyl groups excluding tert-OH is 1. The van der Waals surface area contributed by atoms with E-state index < -0.39 is 12.4 Å². The van der Waals surface area contributed by atoms with Crippen LogP contribution < -0.4 is 0 Å². The van der Waals surface area contributed by atoms with Crippen molar-refractivity contribution < 1.29 is 15.0 Å². The van der Waals surface area contributed by atoms with Crippen molar-refractivity contribution in [3.05, 3.63) is 29.3 Å². The summed E-state index contributed by atoms with van der Waals surface area (Å²) in [5, 5.41) is 17.8. The summed E-state index contributed by atoms with van der Waals surface area (Å²) in [6.07, 6.45) is 0. The number of aliphatic hydroxyl groups is 1. The molecule has 0 spiro atoms. The second kappa shape index (κ2) is 3.36. The van der Waals surface area contributed by atoms with Crippen LogP contribution in [-0.4, -0.2) is 22.6 Å².